The third-order valence-electron chi connectivity index (χ3n) is 2.88. The third-order valence-corrected chi connectivity index (χ3v) is 3.29. The summed E-state index contributed by atoms with van der Waals surface area (Å²) >= 11 is 12.2. The molecule has 0 aliphatic heterocycles. The van der Waals surface area contributed by atoms with Gasteiger partial charge in [-0.15, -0.1) is 11.6 Å². The minimum Gasteiger partial charge on any atom is -0.304 e. The molecule has 1 unspecified atom stereocenters. The summed E-state index contributed by atoms with van der Waals surface area (Å²) in [6, 6.07) is 1.77. The number of halogens is 2. The first-order valence-corrected chi connectivity index (χ1v) is 6.86. The van der Waals surface area contributed by atoms with E-state index in [1.807, 2.05) is 18.5 Å². The summed E-state index contributed by atoms with van der Waals surface area (Å²) in [4.78, 5) is 13.1. The van der Waals surface area contributed by atoms with Gasteiger partial charge in [0.25, 0.3) is 0 Å². The fourth-order valence-corrected chi connectivity index (χ4v) is 2.38. The third kappa shape index (κ3) is 2.36. The highest BCUT2D eigenvalue weighted by Gasteiger charge is 2.17. The molecule has 8 heteroatoms. The van der Waals surface area contributed by atoms with E-state index in [1.54, 1.807) is 23.3 Å². The Morgan fingerprint density at radius 2 is 2.15 bits per heavy atom. The van der Waals surface area contributed by atoms with E-state index in [9.17, 15) is 0 Å². The highest BCUT2D eigenvalue weighted by Crippen LogP contribution is 2.25. The number of nitrogens with zero attached hydrogens (tertiary/aromatic N) is 6. The van der Waals surface area contributed by atoms with Crippen molar-refractivity contribution in [2.45, 2.75) is 18.8 Å². The second-order valence-electron chi connectivity index (χ2n) is 4.50. The fourth-order valence-electron chi connectivity index (χ4n) is 2.06. The first-order valence-electron chi connectivity index (χ1n) is 6.05. The molecule has 0 bridgehead atoms. The van der Waals surface area contributed by atoms with E-state index in [1.165, 1.54) is 0 Å². The lowest BCUT2D eigenvalue weighted by molar-refractivity contribution is 0.680. The van der Waals surface area contributed by atoms with Crippen LogP contribution in [-0.2, 0) is 13.6 Å². The molecule has 0 radical (unpaired) electrons. The molecule has 0 aliphatic rings. The van der Waals surface area contributed by atoms with Crippen molar-refractivity contribution < 1.29 is 0 Å². The number of imidazole rings is 1. The van der Waals surface area contributed by atoms with Crippen LogP contribution in [0.5, 0.6) is 0 Å². The van der Waals surface area contributed by atoms with Crippen LogP contribution in [0.25, 0.3) is 11.2 Å². The van der Waals surface area contributed by atoms with Crippen LogP contribution in [0, 0.1) is 0 Å². The first kappa shape index (κ1) is 13.3. The van der Waals surface area contributed by atoms with Crippen molar-refractivity contribution in [2.75, 3.05) is 0 Å². The van der Waals surface area contributed by atoms with E-state index in [0.29, 0.717) is 17.4 Å². The van der Waals surface area contributed by atoms with E-state index in [2.05, 4.69) is 20.1 Å². The predicted molar refractivity (Wildman–Crippen MR) is 76.9 cm³/mol. The molecule has 0 saturated heterocycles. The van der Waals surface area contributed by atoms with Gasteiger partial charge in [0.1, 0.15) is 17.7 Å². The maximum absolute atomic E-state index is 6.20. The molecule has 3 aromatic rings. The molecule has 20 heavy (non-hydrogen) atoms. The van der Waals surface area contributed by atoms with Gasteiger partial charge in [0.05, 0.1) is 16.9 Å². The monoisotopic (exact) mass is 310 g/mol. The number of pyridine rings is 1. The van der Waals surface area contributed by atoms with Gasteiger partial charge in [-0.1, -0.05) is 11.6 Å². The van der Waals surface area contributed by atoms with E-state index in [0.717, 1.165) is 17.0 Å². The van der Waals surface area contributed by atoms with E-state index >= 15 is 0 Å². The van der Waals surface area contributed by atoms with Crippen LogP contribution in [0.4, 0.5) is 0 Å². The minimum absolute atomic E-state index is 0.244. The molecule has 6 nitrogen and oxygen atoms in total. The van der Waals surface area contributed by atoms with Gasteiger partial charge in [0.2, 0.25) is 0 Å². The van der Waals surface area contributed by atoms with Crippen LogP contribution >= 0.6 is 23.2 Å². The maximum Gasteiger partial charge on any atom is 0.170 e. The van der Waals surface area contributed by atoms with Gasteiger partial charge in [0, 0.05) is 13.2 Å². The van der Waals surface area contributed by atoms with Gasteiger partial charge in [0.15, 0.2) is 11.5 Å². The topological polar surface area (TPSA) is 61.4 Å². The Morgan fingerprint density at radius 3 is 2.80 bits per heavy atom. The molecule has 0 aromatic carbocycles. The molecule has 3 rings (SSSR count). The van der Waals surface area contributed by atoms with Crippen LogP contribution in [0.3, 0.4) is 0 Å². The summed E-state index contributed by atoms with van der Waals surface area (Å²) in [7, 11) is 1.83. The molecule has 3 aromatic heterocycles. The molecule has 104 valence electrons. The van der Waals surface area contributed by atoms with Crippen molar-refractivity contribution >= 4 is 34.4 Å². The molecule has 0 saturated carbocycles. The lowest BCUT2D eigenvalue weighted by Crippen LogP contribution is -2.08. The van der Waals surface area contributed by atoms with Gasteiger partial charge >= 0.3 is 0 Å². The summed E-state index contributed by atoms with van der Waals surface area (Å²) in [6.07, 6.45) is 3.25. The quantitative estimate of drug-likeness (QED) is 0.698. The summed E-state index contributed by atoms with van der Waals surface area (Å²) in [5.74, 6) is 1.41. The molecule has 0 spiro atoms. The summed E-state index contributed by atoms with van der Waals surface area (Å²) < 4.78 is 3.57. The van der Waals surface area contributed by atoms with Gasteiger partial charge in [-0.05, 0) is 13.0 Å². The molecule has 0 amide bonds. The highest BCUT2D eigenvalue weighted by molar-refractivity contribution is 6.31. The molecular formula is C12H12Cl2N6. The van der Waals surface area contributed by atoms with Crippen LogP contribution in [0.15, 0.2) is 18.6 Å². The number of hydrogen-bond donors (Lipinski definition) is 0. The summed E-state index contributed by atoms with van der Waals surface area (Å²) in [5, 5.41) is 4.57. The number of aromatic nitrogens is 6. The largest absolute Gasteiger partial charge is 0.304 e. The van der Waals surface area contributed by atoms with E-state index < -0.39 is 0 Å². The van der Waals surface area contributed by atoms with Crippen LogP contribution < -0.4 is 0 Å². The van der Waals surface area contributed by atoms with Crippen LogP contribution in [0.1, 0.15) is 23.9 Å². The maximum atomic E-state index is 6.20. The van der Waals surface area contributed by atoms with Crippen molar-refractivity contribution in [3.63, 3.8) is 0 Å². The molecule has 0 aliphatic carbocycles. The van der Waals surface area contributed by atoms with E-state index in [-0.39, 0.29) is 5.38 Å². The number of aryl methyl sites for hydroxylation is 1. The molecule has 0 N–H and O–H groups in total. The molecular weight excluding hydrogens is 299 g/mol. The first-order chi connectivity index (χ1) is 9.54. The molecule has 3 heterocycles. The standard InChI is InChI=1S/C12H12Cl2N6/c1-7(13)11-17-9-3-8(14)4-15-12(9)20(11)5-10-16-6-19(2)18-10/h3-4,6-7H,5H2,1-2H3. The van der Waals surface area contributed by atoms with Gasteiger partial charge in [-0.3, -0.25) is 4.68 Å². The van der Waals surface area contributed by atoms with Crippen molar-refractivity contribution in [1.29, 1.82) is 0 Å². The Balaban J connectivity index is 2.13. The Labute approximate surface area is 125 Å². The van der Waals surface area contributed by atoms with E-state index in [4.69, 9.17) is 23.2 Å². The minimum atomic E-state index is -0.244. The molecule has 0 fully saturated rings. The average Bonchev–Trinajstić information content (AvgIpc) is 2.94. The predicted octanol–water partition coefficient (Wildman–Crippen LogP) is 2.56. The second-order valence-corrected chi connectivity index (χ2v) is 5.59. The summed E-state index contributed by atoms with van der Waals surface area (Å²) in [5.41, 5.74) is 1.44. The summed E-state index contributed by atoms with van der Waals surface area (Å²) in [6.45, 7) is 2.34. The lowest BCUT2D eigenvalue weighted by Gasteiger charge is -2.07. The number of rotatable bonds is 3. The highest BCUT2D eigenvalue weighted by atomic mass is 35.5. The van der Waals surface area contributed by atoms with Crippen molar-refractivity contribution in [1.82, 2.24) is 29.3 Å². The SMILES string of the molecule is CC(Cl)c1nc2cc(Cl)cnc2n1Cc1ncn(C)n1. The Morgan fingerprint density at radius 1 is 1.35 bits per heavy atom. The van der Waals surface area contributed by atoms with Gasteiger partial charge in [-0.2, -0.15) is 5.10 Å². The fraction of sp³-hybridized carbons (Fsp3) is 0.333. The Hall–Kier alpha value is -1.66. The normalized spacial score (nSPS) is 13.0. The van der Waals surface area contributed by atoms with Crippen LogP contribution in [0.2, 0.25) is 5.02 Å². The van der Waals surface area contributed by atoms with Gasteiger partial charge < -0.3 is 4.57 Å². The lowest BCUT2D eigenvalue weighted by atomic mass is 10.4. The van der Waals surface area contributed by atoms with Crippen molar-refractivity contribution in [2.24, 2.45) is 7.05 Å². The van der Waals surface area contributed by atoms with Crippen molar-refractivity contribution in [3.05, 3.63) is 35.3 Å². The second kappa shape index (κ2) is 5.03. The number of alkyl halides is 1. The Bertz CT molecular complexity index is 760. The number of fused-ring (bicyclic) bond motifs is 1. The van der Waals surface area contributed by atoms with Gasteiger partial charge in [-0.25, -0.2) is 15.0 Å². The number of hydrogen-bond acceptors (Lipinski definition) is 4. The average molecular weight is 311 g/mol. The zero-order chi connectivity index (χ0) is 14.3. The smallest absolute Gasteiger partial charge is 0.170 e. The van der Waals surface area contributed by atoms with Crippen LogP contribution in [-0.4, -0.2) is 29.3 Å². The Kier molecular flexibility index (Phi) is 3.35. The zero-order valence-corrected chi connectivity index (χ0v) is 12.5. The van der Waals surface area contributed by atoms with Crippen molar-refractivity contribution in [3.8, 4) is 0 Å². The molecule has 1 atom stereocenters. The zero-order valence-electron chi connectivity index (χ0n) is 11.0.